The maximum absolute atomic E-state index is 2.47. The molecule has 202 valence electrons. The first-order valence-corrected chi connectivity index (χ1v) is 14.9. The Morgan fingerprint density at radius 3 is 1.58 bits per heavy atom. The maximum atomic E-state index is 2.47. The minimum atomic E-state index is 0.908. The first kappa shape index (κ1) is 24.0. The van der Waals surface area contributed by atoms with Crippen LogP contribution in [0.25, 0.3) is 49.4 Å². The molecule has 43 heavy (non-hydrogen) atoms. The first-order valence-electron chi connectivity index (χ1n) is 14.9. The average Bonchev–Trinajstić information content (AvgIpc) is 3.61. The van der Waals surface area contributed by atoms with Gasteiger partial charge in [0.15, 0.2) is 0 Å². The van der Waals surface area contributed by atoms with Crippen LogP contribution >= 0.6 is 0 Å². The Bertz CT molecular complexity index is 2220. The van der Waals surface area contributed by atoms with Crippen LogP contribution in [0.2, 0.25) is 0 Å². The van der Waals surface area contributed by atoms with Gasteiger partial charge in [-0.2, -0.15) is 0 Å². The van der Waals surface area contributed by atoms with Gasteiger partial charge in [-0.25, -0.2) is 0 Å². The van der Waals surface area contributed by atoms with E-state index in [-0.39, 0.29) is 0 Å². The minimum absolute atomic E-state index is 0.908. The van der Waals surface area contributed by atoms with Crippen molar-refractivity contribution in [1.82, 2.24) is 4.57 Å². The standard InChI is InChI=1S/C41H28N2/c1-3-13-30(14-4-1)42(31-15-5-2-6-16-31)32-23-24-33-28(26-32)25-29-27-40(36-19-7-8-20-37(36)41(29)33)43-38-21-11-9-17-34(38)35-18-10-12-22-39(35)43/h1-24,26-27H,25H2. The summed E-state index contributed by atoms with van der Waals surface area (Å²) >= 11 is 0. The summed E-state index contributed by atoms with van der Waals surface area (Å²) in [6.45, 7) is 0. The van der Waals surface area contributed by atoms with Crippen LogP contribution in [-0.4, -0.2) is 4.57 Å². The quantitative estimate of drug-likeness (QED) is 0.212. The Morgan fingerprint density at radius 2 is 0.953 bits per heavy atom. The maximum Gasteiger partial charge on any atom is 0.0543 e. The fraction of sp³-hybridized carbons (Fsp3) is 0.0244. The molecule has 0 amide bonds. The van der Waals surface area contributed by atoms with Crippen molar-refractivity contribution in [1.29, 1.82) is 0 Å². The lowest BCUT2D eigenvalue weighted by Gasteiger charge is -2.26. The van der Waals surface area contributed by atoms with Gasteiger partial charge in [-0.15, -0.1) is 0 Å². The molecular weight excluding hydrogens is 520 g/mol. The van der Waals surface area contributed by atoms with E-state index in [1.165, 1.54) is 66.2 Å². The zero-order valence-corrected chi connectivity index (χ0v) is 23.6. The lowest BCUT2D eigenvalue weighted by molar-refractivity contribution is 1.17. The third-order valence-corrected chi connectivity index (χ3v) is 8.95. The highest BCUT2D eigenvalue weighted by atomic mass is 15.1. The highest BCUT2D eigenvalue weighted by Gasteiger charge is 2.25. The molecule has 0 saturated carbocycles. The van der Waals surface area contributed by atoms with Crippen molar-refractivity contribution < 1.29 is 0 Å². The summed E-state index contributed by atoms with van der Waals surface area (Å²) in [7, 11) is 0. The van der Waals surface area contributed by atoms with E-state index < -0.39 is 0 Å². The van der Waals surface area contributed by atoms with Crippen LogP contribution in [0.3, 0.4) is 0 Å². The average molecular weight is 549 g/mol. The molecule has 2 nitrogen and oxygen atoms in total. The van der Waals surface area contributed by atoms with Gasteiger partial charge in [0, 0.05) is 33.2 Å². The molecule has 1 aliphatic carbocycles. The summed E-state index contributed by atoms with van der Waals surface area (Å²) in [6, 6.07) is 57.3. The van der Waals surface area contributed by atoms with Crippen LogP contribution in [0, 0.1) is 0 Å². The van der Waals surface area contributed by atoms with E-state index in [0.717, 1.165) is 17.8 Å². The topological polar surface area (TPSA) is 8.17 Å². The number of hydrogen-bond donors (Lipinski definition) is 0. The summed E-state index contributed by atoms with van der Waals surface area (Å²) < 4.78 is 2.47. The second-order valence-electron chi connectivity index (χ2n) is 11.4. The van der Waals surface area contributed by atoms with Gasteiger partial charge in [0.25, 0.3) is 0 Å². The Morgan fingerprint density at radius 1 is 0.419 bits per heavy atom. The molecular formula is C41H28N2. The normalized spacial score (nSPS) is 12.1. The predicted molar refractivity (Wildman–Crippen MR) is 181 cm³/mol. The van der Waals surface area contributed by atoms with Gasteiger partial charge in [-0.1, -0.05) is 103 Å². The lowest BCUT2D eigenvalue weighted by Crippen LogP contribution is -2.09. The molecule has 1 heterocycles. The van der Waals surface area contributed by atoms with Crippen LogP contribution in [0.1, 0.15) is 11.1 Å². The summed E-state index contributed by atoms with van der Waals surface area (Å²) in [6.07, 6.45) is 0.908. The van der Waals surface area contributed by atoms with Gasteiger partial charge in [0.1, 0.15) is 0 Å². The van der Waals surface area contributed by atoms with E-state index in [1.54, 1.807) is 0 Å². The third kappa shape index (κ3) is 3.67. The number of anilines is 3. The number of benzene rings is 7. The van der Waals surface area contributed by atoms with E-state index in [4.69, 9.17) is 0 Å². The van der Waals surface area contributed by atoms with Crippen molar-refractivity contribution >= 4 is 49.6 Å². The van der Waals surface area contributed by atoms with Gasteiger partial charge >= 0.3 is 0 Å². The molecule has 9 rings (SSSR count). The zero-order valence-electron chi connectivity index (χ0n) is 23.6. The molecule has 8 aromatic rings. The number of rotatable bonds is 4. The lowest BCUT2D eigenvalue weighted by atomic mass is 9.96. The molecule has 7 aromatic carbocycles. The summed E-state index contributed by atoms with van der Waals surface area (Å²) in [5.41, 5.74) is 12.7. The molecule has 0 fully saturated rings. The molecule has 1 aromatic heterocycles. The number of aromatic nitrogens is 1. The van der Waals surface area contributed by atoms with Crippen molar-refractivity contribution in [3.63, 3.8) is 0 Å². The molecule has 2 heteroatoms. The van der Waals surface area contributed by atoms with Crippen molar-refractivity contribution in [2.24, 2.45) is 0 Å². The fourth-order valence-electron chi connectivity index (χ4n) is 7.15. The molecule has 0 aliphatic heterocycles. The van der Waals surface area contributed by atoms with Crippen molar-refractivity contribution in [3.05, 3.63) is 169 Å². The Balaban J connectivity index is 1.25. The number of hydrogen-bond acceptors (Lipinski definition) is 1. The Hall–Kier alpha value is -5.60. The number of para-hydroxylation sites is 4. The minimum Gasteiger partial charge on any atom is -0.310 e. The van der Waals surface area contributed by atoms with Crippen LogP contribution in [0.5, 0.6) is 0 Å². The van der Waals surface area contributed by atoms with Crippen LogP contribution < -0.4 is 4.90 Å². The number of fused-ring (bicyclic) bond motifs is 8. The smallest absolute Gasteiger partial charge is 0.0543 e. The number of nitrogens with zero attached hydrogens (tertiary/aromatic N) is 2. The van der Waals surface area contributed by atoms with E-state index in [9.17, 15) is 0 Å². The van der Waals surface area contributed by atoms with Crippen molar-refractivity contribution in [2.75, 3.05) is 4.90 Å². The molecule has 1 aliphatic rings. The Labute approximate surface area is 250 Å². The molecule has 0 radical (unpaired) electrons. The molecule has 0 atom stereocenters. The van der Waals surface area contributed by atoms with E-state index in [2.05, 4.69) is 167 Å². The van der Waals surface area contributed by atoms with Crippen molar-refractivity contribution in [2.45, 2.75) is 6.42 Å². The highest BCUT2D eigenvalue weighted by Crippen LogP contribution is 2.47. The molecule has 0 spiro atoms. The van der Waals surface area contributed by atoms with Gasteiger partial charge in [0.2, 0.25) is 0 Å². The van der Waals surface area contributed by atoms with Gasteiger partial charge < -0.3 is 9.47 Å². The zero-order chi connectivity index (χ0) is 28.3. The highest BCUT2D eigenvalue weighted by molar-refractivity contribution is 6.12. The summed E-state index contributed by atoms with van der Waals surface area (Å²) in [5.74, 6) is 0. The van der Waals surface area contributed by atoms with Crippen LogP contribution in [0.4, 0.5) is 17.1 Å². The van der Waals surface area contributed by atoms with Crippen molar-refractivity contribution in [3.8, 4) is 16.8 Å². The Kier molecular flexibility index (Phi) is 5.30. The SMILES string of the molecule is c1ccc(N(c2ccccc2)c2ccc3c(c2)Cc2cc(-n4c5ccccc5c5ccccc54)c4ccccc4c2-3)cc1. The van der Waals surface area contributed by atoms with Crippen LogP contribution in [0.15, 0.2) is 158 Å². The van der Waals surface area contributed by atoms with Crippen LogP contribution in [-0.2, 0) is 6.42 Å². The largest absolute Gasteiger partial charge is 0.310 e. The van der Waals surface area contributed by atoms with Gasteiger partial charge in [-0.3, -0.25) is 0 Å². The second kappa shape index (κ2) is 9.47. The first-order chi connectivity index (χ1) is 21.3. The fourth-order valence-corrected chi connectivity index (χ4v) is 7.15. The van der Waals surface area contributed by atoms with Gasteiger partial charge in [0.05, 0.1) is 16.7 Å². The predicted octanol–water partition coefficient (Wildman–Crippen LogP) is 11.0. The van der Waals surface area contributed by atoms with E-state index >= 15 is 0 Å². The molecule has 0 saturated heterocycles. The van der Waals surface area contributed by atoms with E-state index in [1.807, 2.05) is 0 Å². The summed E-state index contributed by atoms with van der Waals surface area (Å²) in [5, 5.41) is 5.17. The molecule has 0 bridgehead atoms. The van der Waals surface area contributed by atoms with E-state index in [0.29, 0.717) is 0 Å². The van der Waals surface area contributed by atoms with Gasteiger partial charge in [-0.05, 0) is 88.7 Å². The molecule has 0 unspecified atom stereocenters. The summed E-state index contributed by atoms with van der Waals surface area (Å²) in [4.78, 5) is 2.35. The monoisotopic (exact) mass is 548 g/mol. The molecule has 0 N–H and O–H groups in total. The second-order valence-corrected chi connectivity index (χ2v) is 11.4. The third-order valence-electron chi connectivity index (χ3n) is 8.95.